The van der Waals surface area contributed by atoms with Gasteiger partial charge in [-0.3, -0.25) is 4.79 Å². The van der Waals surface area contributed by atoms with Gasteiger partial charge in [-0.2, -0.15) is 4.80 Å². The van der Waals surface area contributed by atoms with E-state index in [0.717, 1.165) is 11.3 Å². The maximum atomic E-state index is 13.6. The Morgan fingerprint density at radius 3 is 2.52 bits per heavy atom. The molecule has 4 aromatic rings. The minimum Gasteiger partial charge on any atom is -0.481 e. The van der Waals surface area contributed by atoms with Crippen molar-refractivity contribution in [1.82, 2.24) is 15.0 Å². The number of ether oxygens (including phenoxy) is 1. The van der Waals surface area contributed by atoms with Crippen LogP contribution in [0.1, 0.15) is 5.56 Å². The van der Waals surface area contributed by atoms with Gasteiger partial charge in [-0.15, -0.1) is 10.2 Å². The van der Waals surface area contributed by atoms with E-state index < -0.39 is 11.7 Å². The first-order chi connectivity index (χ1) is 14.0. The van der Waals surface area contributed by atoms with Gasteiger partial charge in [-0.1, -0.05) is 23.7 Å². The highest BCUT2D eigenvalue weighted by atomic mass is 35.5. The van der Waals surface area contributed by atoms with Crippen LogP contribution in [-0.4, -0.2) is 27.5 Å². The summed E-state index contributed by atoms with van der Waals surface area (Å²) < 4.78 is 18.8. The van der Waals surface area contributed by atoms with Gasteiger partial charge < -0.3 is 10.1 Å². The second-order valence-corrected chi connectivity index (χ2v) is 6.83. The molecular weight excluding hydrogens is 395 g/mol. The van der Waals surface area contributed by atoms with E-state index in [9.17, 15) is 9.18 Å². The highest BCUT2D eigenvalue weighted by Gasteiger charge is 2.12. The van der Waals surface area contributed by atoms with Crippen LogP contribution in [0.3, 0.4) is 0 Å². The summed E-state index contributed by atoms with van der Waals surface area (Å²) in [6, 6.07) is 16.7. The van der Waals surface area contributed by atoms with Crippen LogP contribution in [0.2, 0.25) is 5.02 Å². The van der Waals surface area contributed by atoms with E-state index in [-0.39, 0.29) is 12.4 Å². The summed E-state index contributed by atoms with van der Waals surface area (Å²) in [4.78, 5) is 13.7. The van der Waals surface area contributed by atoms with E-state index in [1.165, 1.54) is 16.9 Å². The molecule has 0 saturated carbocycles. The summed E-state index contributed by atoms with van der Waals surface area (Å²) in [5.41, 5.74) is 3.49. The first kappa shape index (κ1) is 18.9. The Morgan fingerprint density at radius 2 is 1.79 bits per heavy atom. The highest BCUT2D eigenvalue weighted by molar-refractivity contribution is 6.30. The van der Waals surface area contributed by atoms with Crippen molar-refractivity contribution in [2.75, 3.05) is 11.9 Å². The standard InChI is InChI=1S/C21H16ClFN4O2/c1-13-10-18-19(26-27(25-18)15-8-6-14(22)7-9-15)11-17(13)24-21(28)12-29-20-5-3-2-4-16(20)23/h2-11H,12H2,1H3,(H,24,28). The predicted molar refractivity (Wildman–Crippen MR) is 109 cm³/mol. The molecule has 146 valence electrons. The largest absolute Gasteiger partial charge is 0.481 e. The number of halogens is 2. The van der Waals surface area contributed by atoms with Crippen molar-refractivity contribution in [3.63, 3.8) is 0 Å². The summed E-state index contributed by atoms with van der Waals surface area (Å²) >= 11 is 5.92. The summed E-state index contributed by atoms with van der Waals surface area (Å²) in [6.07, 6.45) is 0. The lowest BCUT2D eigenvalue weighted by Gasteiger charge is -2.10. The zero-order valence-corrected chi connectivity index (χ0v) is 16.2. The van der Waals surface area contributed by atoms with Gasteiger partial charge in [0.25, 0.3) is 5.91 Å². The summed E-state index contributed by atoms with van der Waals surface area (Å²) in [7, 11) is 0. The molecule has 0 atom stereocenters. The number of nitrogens with one attached hydrogen (secondary N) is 1. The van der Waals surface area contributed by atoms with Crippen molar-refractivity contribution in [2.45, 2.75) is 6.92 Å². The Bertz CT molecular complexity index is 1190. The van der Waals surface area contributed by atoms with Gasteiger partial charge in [0, 0.05) is 10.7 Å². The molecule has 0 radical (unpaired) electrons. The lowest BCUT2D eigenvalue weighted by Crippen LogP contribution is -2.21. The van der Waals surface area contributed by atoms with Crippen molar-refractivity contribution in [3.8, 4) is 11.4 Å². The molecule has 0 aliphatic carbocycles. The Morgan fingerprint density at radius 1 is 1.10 bits per heavy atom. The normalized spacial score (nSPS) is 10.9. The number of benzene rings is 3. The first-order valence-corrected chi connectivity index (χ1v) is 9.18. The zero-order chi connectivity index (χ0) is 20.4. The topological polar surface area (TPSA) is 69.0 Å². The van der Waals surface area contributed by atoms with Crippen molar-refractivity contribution in [3.05, 3.63) is 77.1 Å². The van der Waals surface area contributed by atoms with Crippen LogP contribution in [0.5, 0.6) is 5.75 Å². The molecule has 1 N–H and O–H groups in total. The van der Waals surface area contributed by atoms with Crippen LogP contribution < -0.4 is 10.1 Å². The fourth-order valence-corrected chi connectivity index (χ4v) is 2.91. The lowest BCUT2D eigenvalue weighted by molar-refractivity contribution is -0.118. The highest BCUT2D eigenvalue weighted by Crippen LogP contribution is 2.23. The van der Waals surface area contributed by atoms with E-state index in [1.54, 1.807) is 30.3 Å². The van der Waals surface area contributed by atoms with Crippen LogP contribution in [0.25, 0.3) is 16.7 Å². The van der Waals surface area contributed by atoms with E-state index in [1.807, 2.05) is 25.1 Å². The van der Waals surface area contributed by atoms with E-state index in [0.29, 0.717) is 21.7 Å². The number of rotatable bonds is 5. The third kappa shape index (κ3) is 4.20. The number of aryl methyl sites for hydroxylation is 1. The molecule has 0 aliphatic heterocycles. The van der Waals surface area contributed by atoms with Crippen LogP contribution in [0, 0.1) is 12.7 Å². The second kappa shape index (κ2) is 7.89. The van der Waals surface area contributed by atoms with E-state index in [4.69, 9.17) is 16.3 Å². The third-order valence-corrected chi connectivity index (χ3v) is 4.51. The number of para-hydroxylation sites is 1. The molecule has 1 heterocycles. The number of anilines is 1. The predicted octanol–water partition coefficient (Wildman–Crippen LogP) is 4.54. The average molecular weight is 411 g/mol. The van der Waals surface area contributed by atoms with Gasteiger partial charge in [0.05, 0.1) is 5.69 Å². The average Bonchev–Trinajstić information content (AvgIpc) is 3.11. The molecule has 4 rings (SSSR count). The number of carbonyl (C=O) groups is 1. The molecule has 0 bridgehead atoms. The third-order valence-electron chi connectivity index (χ3n) is 4.25. The Hall–Kier alpha value is -3.45. The number of amides is 1. The Kier molecular flexibility index (Phi) is 5.14. The molecule has 6 nitrogen and oxygen atoms in total. The maximum absolute atomic E-state index is 13.6. The molecule has 0 spiro atoms. The van der Waals surface area contributed by atoms with Gasteiger partial charge in [-0.25, -0.2) is 4.39 Å². The molecule has 0 saturated heterocycles. The van der Waals surface area contributed by atoms with Crippen LogP contribution in [0.15, 0.2) is 60.7 Å². The fraction of sp³-hybridized carbons (Fsp3) is 0.0952. The number of hydrogen-bond acceptors (Lipinski definition) is 4. The first-order valence-electron chi connectivity index (χ1n) is 8.80. The van der Waals surface area contributed by atoms with Crippen molar-refractivity contribution in [2.24, 2.45) is 0 Å². The van der Waals surface area contributed by atoms with Gasteiger partial charge in [0.1, 0.15) is 11.0 Å². The Labute approximate surface area is 170 Å². The van der Waals surface area contributed by atoms with Gasteiger partial charge >= 0.3 is 0 Å². The summed E-state index contributed by atoms with van der Waals surface area (Å²) in [5.74, 6) is -0.891. The lowest BCUT2D eigenvalue weighted by atomic mass is 10.1. The molecule has 3 aromatic carbocycles. The van der Waals surface area contributed by atoms with E-state index >= 15 is 0 Å². The number of carbonyl (C=O) groups excluding carboxylic acids is 1. The zero-order valence-electron chi connectivity index (χ0n) is 15.4. The van der Waals surface area contributed by atoms with Crippen LogP contribution in [-0.2, 0) is 4.79 Å². The van der Waals surface area contributed by atoms with Crippen LogP contribution in [0.4, 0.5) is 10.1 Å². The molecular formula is C21H16ClFN4O2. The van der Waals surface area contributed by atoms with Gasteiger partial charge in [0.15, 0.2) is 18.2 Å². The maximum Gasteiger partial charge on any atom is 0.262 e. The molecule has 0 unspecified atom stereocenters. The molecule has 1 amide bonds. The van der Waals surface area contributed by atoms with Crippen molar-refractivity contribution < 1.29 is 13.9 Å². The molecule has 0 fully saturated rings. The summed E-state index contributed by atoms with van der Waals surface area (Å²) in [6.45, 7) is 1.55. The van der Waals surface area contributed by atoms with Gasteiger partial charge in [-0.05, 0) is 61.0 Å². The summed E-state index contributed by atoms with van der Waals surface area (Å²) in [5, 5.41) is 12.3. The van der Waals surface area contributed by atoms with Gasteiger partial charge in [0.2, 0.25) is 0 Å². The minimum absolute atomic E-state index is 0.0285. The second-order valence-electron chi connectivity index (χ2n) is 6.39. The molecule has 8 heteroatoms. The monoisotopic (exact) mass is 410 g/mol. The minimum atomic E-state index is -0.517. The quantitative estimate of drug-likeness (QED) is 0.524. The smallest absolute Gasteiger partial charge is 0.262 e. The fourth-order valence-electron chi connectivity index (χ4n) is 2.78. The number of aromatic nitrogens is 3. The molecule has 29 heavy (non-hydrogen) atoms. The number of hydrogen-bond donors (Lipinski definition) is 1. The molecule has 1 aromatic heterocycles. The SMILES string of the molecule is Cc1cc2nn(-c3ccc(Cl)cc3)nc2cc1NC(=O)COc1ccccc1F. The van der Waals surface area contributed by atoms with Crippen molar-refractivity contribution in [1.29, 1.82) is 0 Å². The van der Waals surface area contributed by atoms with Crippen LogP contribution >= 0.6 is 11.6 Å². The van der Waals surface area contributed by atoms with Crippen molar-refractivity contribution >= 4 is 34.2 Å². The van der Waals surface area contributed by atoms with E-state index in [2.05, 4.69) is 15.5 Å². The Balaban J connectivity index is 1.51. The number of fused-ring (bicyclic) bond motifs is 1. The molecule has 0 aliphatic rings. The number of nitrogens with zero attached hydrogens (tertiary/aromatic N) is 3.